The van der Waals surface area contributed by atoms with Crippen LogP contribution in [0.4, 0.5) is 5.95 Å². The maximum atomic E-state index is 11.6. The summed E-state index contributed by atoms with van der Waals surface area (Å²) in [6.45, 7) is 0. The molecule has 0 fully saturated rings. The molecule has 0 unspecified atom stereocenters. The van der Waals surface area contributed by atoms with Gasteiger partial charge in [-0.25, -0.2) is 18.4 Å². The number of hydrogen-bond acceptors (Lipinski definition) is 5. The van der Waals surface area contributed by atoms with Crippen LogP contribution in [0, 0.1) is 0 Å². The third-order valence-electron chi connectivity index (χ3n) is 2.21. The lowest BCUT2D eigenvalue weighted by atomic mass is 10.1. The summed E-state index contributed by atoms with van der Waals surface area (Å²) < 4.78 is 23.3. The Kier molecular flexibility index (Phi) is 2.81. The first kappa shape index (κ1) is 11.5. The number of hydrogen-bond donors (Lipinski definition) is 1. The Morgan fingerprint density at radius 1 is 1.18 bits per heavy atom. The van der Waals surface area contributed by atoms with Gasteiger partial charge in [-0.05, 0) is 5.56 Å². The van der Waals surface area contributed by atoms with Crippen LogP contribution in [-0.2, 0) is 9.84 Å². The summed E-state index contributed by atoms with van der Waals surface area (Å²) in [6.07, 6.45) is 2.52. The Labute approximate surface area is 99.3 Å². The molecule has 0 spiro atoms. The van der Waals surface area contributed by atoms with Crippen molar-refractivity contribution in [3.05, 3.63) is 36.5 Å². The molecule has 0 aliphatic rings. The Morgan fingerprint density at radius 3 is 2.41 bits per heavy atom. The number of nitrogen functional groups attached to an aromatic ring is 1. The van der Waals surface area contributed by atoms with E-state index in [2.05, 4.69) is 9.97 Å². The first-order valence-electron chi connectivity index (χ1n) is 4.86. The van der Waals surface area contributed by atoms with E-state index in [1.165, 1.54) is 6.20 Å². The van der Waals surface area contributed by atoms with E-state index < -0.39 is 9.84 Å². The predicted octanol–water partition coefficient (Wildman–Crippen LogP) is 1.13. The molecule has 1 aromatic carbocycles. The van der Waals surface area contributed by atoms with Crippen molar-refractivity contribution < 1.29 is 8.42 Å². The van der Waals surface area contributed by atoms with E-state index in [-0.39, 0.29) is 11.0 Å². The van der Waals surface area contributed by atoms with Gasteiger partial charge in [0.15, 0.2) is 14.9 Å². The van der Waals surface area contributed by atoms with Crippen molar-refractivity contribution in [3.8, 4) is 11.1 Å². The van der Waals surface area contributed by atoms with Crippen molar-refractivity contribution in [1.82, 2.24) is 9.97 Å². The average molecular weight is 249 g/mol. The lowest BCUT2D eigenvalue weighted by Crippen LogP contribution is -2.07. The fourth-order valence-corrected chi connectivity index (χ4v) is 2.31. The molecular weight excluding hydrogens is 238 g/mol. The van der Waals surface area contributed by atoms with Gasteiger partial charge in [0.2, 0.25) is 5.95 Å². The second kappa shape index (κ2) is 4.14. The number of nitrogens with zero attached hydrogens (tertiary/aromatic N) is 2. The zero-order chi connectivity index (χ0) is 12.5. The number of nitrogens with two attached hydrogens (primary N) is 1. The van der Waals surface area contributed by atoms with Gasteiger partial charge in [-0.1, -0.05) is 30.3 Å². The summed E-state index contributed by atoms with van der Waals surface area (Å²) >= 11 is 0. The number of anilines is 1. The van der Waals surface area contributed by atoms with Crippen molar-refractivity contribution in [2.45, 2.75) is 5.03 Å². The average Bonchev–Trinajstić information content (AvgIpc) is 2.29. The molecule has 2 N–H and O–H groups in total. The highest BCUT2D eigenvalue weighted by atomic mass is 32.2. The maximum absolute atomic E-state index is 11.6. The normalized spacial score (nSPS) is 11.4. The highest BCUT2D eigenvalue weighted by molar-refractivity contribution is 7.90. The molecule has 1 aromatic heterocycles. The van der Waals surface area contributed by atoms with Gasteiger partial charge in [0, 0.05) is 18.0 Å². The molecular formula is C11H11N3O2S. The fraction of sp³-hybridized carbons (Fsp3) is 0.0909. The quantitative estimate of drug-likeness (QED) is 0.806. The summed E-state index contributed by atoms with van der Waals surface area (Å²) in [5, 5.41) is -0.0452. The molecule has 88 valence electrons. The predicted molar refractivity (Wildman–Crippen MR) is 65.0 cm³/mol. The Balaban J connectivity index is 2.71. The molecule has 0 radical (unpaired) electrons. The summed E-state index contributed by atoms with van der Waals surface area (Å²) in [6, 6.07) is 9.07. The van der Waals surface area contributed by atoms with Gasteiger partial charge in [-0.3, -0.25) is 0 Å². The van der Waals surface area contributed by atoms with E-state index in [0.717, 1.165) is 11.8 Å². The van der Waals surface area contributed by atoms with Gasteiger partial charge in [0.25, 0.3) is 0 Å². The molecule has 0 saturated heterocycles. The summed E-state index contributed by atoms with van der Waals surface area (Å²) in [5.41, 5.74) is 6.62. The second-order valence-electron chi connectivity index (χ2n) is 3.59. The van der Waals surface area contributed by atoms with Gasteiger partial charge in [0.1, 0.15) is 0 Å². The third kappa shape index (κ3) is 2.42. The molecule has 0 aliphatic carbocycles. The van der Waals surface area contributed by atoms with Crippen LogP contribution in [0.25, 0.3) is 11.1 Å². The zero-order valence-electron chi connectivity index (χ0n) is 9.16. The van der Waals surface area contributed by atoms with Crippen LogP contribution in [0.1, 0.15) is 0 Å². The van der Waals surface area contributed by atoms with Gasteiger partial charge < -0.3 is 5.73 Å². The van der Waals surface area contributed by atoms with Crippen molar-refractivity contribution in [1.29, 1.82) is 0 Å². The first-order chi connectivity index (χ1) is 7.98. The van der Waals surface area contributed by atoms with Crippen LogP contribution in [-0.4, -0.2) is 24.6 Å². The molecule has 0 bridgehead atoms. The molecule has 2 rings (SSSR count). The van der Waals surface area contributed by atoms with Gasteiger partial charge in [0.05, 0.1) is 0 Å². The van der Waals surface area contributed by atoms with Crippen molar-refractivity contribution >= 4 is 15.8 Å². The minimum atomic E-state index is -3.44. The van der Waals surface area contributed by atoms with E-state index in [9.17, 15) is 8.42 Å². The highest BCUT2D eigenvalue weighted by Crippen LogP contribution is 2.25. The molecule has 2 aromatic rings. The SMILES string of the molecule is CS(=O)(=O)c1nc(N)ncc1-c1ccccc1. The standard InChI is InChI=1S/C11H11N3O2S/c1-17(15,16)10-9(7-13-11(12)14-10)8-5-3-2-4-6-8/h2-7H,1H3,(H2,12,13,14). The molecule has 17 heavy (non-hydrogen) atoms. The highest BCUT2D eigenvalue weighted by Gasteiger charge is 2.17. The monoisotopic (exact) mass is 249 g/mol. The minimum absolute atomic E-state index is 0.0452. The smallest absolute Gasteiger partial charge is 0.221 e. The van der Waals surface area contributed by atoms with Crippen LogP contribution in [0.15, 0.2) is 41.6 Å². The van der Waals surface area contributed by atoms with Crippen molar-refractivity contribution in [2.24, 2.45) is 0 Å². The Morgan fingerprint density at radius 2 is 1.82 bits per heavy atom. The molecule has 0 saturated carbocycles. The van der Waals surface area contributed by atoms with Gasteiger partial charge in [-0.15, -0.1) is 0 Å². The third-order valence-corrected chi connectivity index (χ3v) is 3.22. The van der Waals surface area contributed by atoms with E-state index in [4.69, 9.17) is 5.73 Å². The minimum Gasteiger partial charge on any atom is -0.368 e. The van der Waals surface area contributed by atoms with E-state index in [0.29, 0.717) is 5.56 Å². The second-order valence-corrected chi connectivity index (χ2v) is 5.52. The molecule has 6 heteroatoms. The number of aromatic nitrogens is 2. The van der Waals surface area contributed by atoms with Crippen LogP contribution in [0.2, 0.25) is 0 Å². The molecule has 0 amide bonds. The summed E-state index contributed by atoms with van der Waals surface area (Å²) in [4.78, 5) is 7.63. The lowest BCUT2D eigenvalue weighted by Gasteiger charge is -2.06. The van der Waals surface area contributed by atoms with Gasteiger partial charge in [-0.2, -0.15) is 0 Å². The van der Waals surface area contributed by atoms with Crippen molar-refractivity contribution in [3.63, 3.8) is 0 Å². The van der Waals surface area contributed by atoms with Gasteiger partial charge >= 0.3 is 0 Å². The summed E-state index contributed by atoms with van der Waals surface area (Å²) in [5.74, 6) is -0.0508. The number of benzene rings is 1. The van der Waals surface area contributed by atoms with E-state index in [1.54, 1.807) is 12.1 Å². The van der Waals surface area contributed by atoms with Crippen LogP contribution >= 0.6 is 0 Å². The van der Waals surface area contributed by atoms with Crippen LogP contribution in [0.5, 0.6) is 0 Å². The van der Waals surface area contributed by atoms with E-state index >= 15 is 0 Å². The number of rotatable bonds is 2. The molecule has 0 atom stereocenters. The van der Waals surface area contributed by atoms with Crippen LogP contribution in [0.3, 0.4) is 0 Å². The first-order valence-corrected chi connectivity index (χ1v) is 6.75. The fourth-order valence-electron chi connectivity index (χ4n) is 1.48. The lowest BCUT2D eigenvalue weighted by molar-refractivity contribution is 0.598. The Hall–Kier alpha value is -1.95. The number of sulfone groups is 1. The van der Waals surface area contributed by atoms with Crippen molar-refractivity contribution in [2.75, 3.05) is 12.0 Å². The van der Waals surface area contributed by atoms with E-state index in [1.807, 2.05) is 18.2 Å². The molecule has 5 nitrogen and oxygen atoms in total. The zero-order valence-corrected chi connectivity index (χ0v) is 9.98. The molecule has 1 heterocycles. The van der Waals surface area contributed by atoms with Crippen LogP contribution < -0.4 is 5.73 Å². The topological polar surface area (TPSA) is 85.9 Å². The largest absolute Gasteiger partial charge is 0.368 e. The maximum Gasteiger partial charge on any atom is 0.221 e. The molecule has 0 aliphatic heterocycles. The Bertz CT molecular complexity index is 639. The summed E-state index contributed by atoms with van der Waals surface area (Å²) in [7, 11) is -3.44.